The molecule has 2 heterocycles. The summed E-state index contributed by atoms with van der Waals surface area (Å²) in [4.78, 5) is 14.6. The second-order valence-electron chi connectivity index (χ2n) is 7.26. The van der Waals surface area contributed by atoms with Crippen molar-refractivity contribution in [1.29, 1.82) is 0 Å². The number of hydrogen-bond donors (Lipinski definition) is 1. The summed E-state index contributed by atoms with van der Waals surface area (Å²) in [6, 6.07) is 9.25. The Morgan fingerprint density at radius 2 is 2.13 bits per heavy atom. The van der Waals surface area contributed by atoms with Crippen molar-refractivity contribution in [2.24, 2.45) is 0 Å². The third-order valence-corrected chi connectivity index (χ3v) is 5.12. The topological polar surface area (TPSA) is 49.8 Å². The molecule has 2 unspecified atom stereocenters. The van der Waals surface area contributed by atoms with Crippen molar-refractivity contribution in [2.45, 2.75) is 63.1 Å². The molecular weight excluding hydrogens is 297 g/mol. The van der Waals surface area contributed by atoms with Gasteiger partial charge in [-0.2, -0.15) is 0 Å². The van der Waals surface area contributed by atoms with Gasteiger partial charge in [0.25, 0.3) is 0 Å². The van der Waals surface area contributed by atoms with Crippen LogP contribution >= 0.6 is 0 Å². The molecule has 0 aliphatic carbocycles. The third-order valence-electron chi connectivity index (χ3n) is 5.12. The Balaban J connectivity index is 1.75. The highest BCUT2D eigenvalue weighted by molar-refractivity contribution is 5.82. The number of ether oxygens (including phenoxy) is 1. The maximum absolute atomic E-state index is 14.0. The van der Waals surface area contributed by atoms with Gasteiger partial charge in [0.2, 0.25) is 0 Å². The summed E-state index contributed by atoms with van der Waals surface area (Å²) >= 11 is 0. The molecule has 0 radical (unpaired) electrons. The third kappa shape index (κ3) is 3.00. The Morgan fingerprint density at radius 3 is 2.78 bits per heavy atom. The van der Waals surface area contributed by atoms with Crippen LogP contribution in [0.5, 0.6) is 0 Å². The van der Waals surface area contributed by atoms with Crippen molar-refractivity contribution < 1.29 is 19.0 Å². The Labute approximate surface area is 136 Å². The molecule has 23 heavy (non-hydrogen) atoms. The zero-order valence-corrected chi connectivity index (χ0v) is 13.7. The highest BCUT2D eigenvalue weighted by Gasteiger charge is 2.60. The van der Waals surface area contributed by atoms with E-state index in [0.29, 0.717) is 12.8 Å². The molecule has 2 fully saturated rings. The van der Waals surface area contributed by atoms with Crippen molar-refractivity contribution in [3.8, 4) is 0 Å². The first-order valence-corrected chi connectivity index (χ1v) is 8.17. The van der Waals surface area contributed by atoms with E-state index < -0.39 is 17.3 Å². The molecule has 0 amide bonds. The van der Waals surface area contributed by atoms with Gasteiger partial charge in [0.15, 0.2) is 0 Å². The highest BCUT2D eigenvalue weighted by Crippen LogP contribution is 2.47. The average Bonchev–Trinajstić information content (AvgIpc) is 3.00. The smallest absolute Gasteiger partial charge is 0.327 e. The summed E-state index contributed by atoms with van der Waals surface area (Å²) in [6.07, 6.45) is 0.323. The van der Waals surface area contributed by atoms with Gasteiger partial charge in [-0.3, -0.25) is 9.69 Å². The number of rotatable bonds is 4. The molecule has 4 nitrogen and oxygen atoms in total. The Bertz CT molecular complexity index is 571. The van der Waals surface area contributed by atoms with E-state index in [1.165, 1.54) is 0 Å². The van der Waals surface area contributed by atoms with E-state index in [2.05, 4.69) is 0 Å². The van der Waals surface area contributed by atoms with E-state index in [4.69, 9.17) is 4.74 Å². The maximum Gasteiger partial charge on any atom is 0.327 e. The standard InChI is InChI=1S/C18H24FNO3/c1-17(2,22)15-8-9-18(10-14(19)11-20(15)18)16(21)23-12-13-6-4-3-5-7-13/h3-7,14-15,22H,8-12H2,1-2H3/t14-,15?,18?/m1/s1. The molecule has 0 aromatic heterocycles. The molecule has 0 bridgehead atoms. The van der Waals surface area contributed by atoms with Crippen LogP contribution in [0.4, 0.5) is 4.39 Å². The molecule has 1 aromatic rings. The Kier molecular flexibility index (Phi) is 4.19. The lowest BCUT2D eigenvalue weighted by molar-refractivity contribution is -0.158. The predicted octanol–water partition coefficient (Wildman–Crippen LogP) is 2.45. The SMILES string of the molecule is CC(C)(O)C1CCC2(C(=O)OCc3ccccc3)C[C@@H](F)CN12. The average molecular weight is 321 g/mol. The summed E-state index contributed by atoms with van der Waals surface area (Å²) < 4.78 is 19.5. The molecule has 3 atom stereocenters. The van der Waals surface area contributed by atoms with Crippen LogP contribution in [0.1, 0.15) is 38.7 Å². The van der Waals surface area contributed by atoms with Gasteiger partial charge < -0.3 is 9.84 Å². The van der Waals surface area contributed by atoms with Gasteiger partial charge in [0, 0.05) is 19.0 Å². The van der Waals surface area contributed by atoms with E-state index in [0.717, 1.165) is 5.56 Å². The van der Waals surface area contributed by atoms with Gasteiger partial charge >= 0.3 is 5.97 Å². The zero-order chi connectivity index (χ0) is 16.7. The number of esters is 1. The number of carbonyl (C=O) groups excluding carboxylic acids is 1. The molecule has 2 aliphatic rings. The van der Waals surface area contributed by atoms with E-state index in [9.17, 15) is 14.3 Å². The largest absolute Gasteiger partial charge is 0.459 e. The van der Waals surface area contributed by atoms with Crippen LogP contribution in [0.2, 0.25) is 0 Å². The number of benzene rings is 1. The van der Waals surface area contributed by atoms with Crippen molar-refractivity contribution in [3.63, 3.8) is 0 Å². The molecule has 1 N–H and O–H groups in total. The lowest BCUT2D eigenvalue weighted by Gasteiger charge is -2.37. The van der Waals surface area contributed by atoms with Gasteiger partial charge in [-0.25, -0.2) is 4.39 Å². The van der Waals surface area contributed by atoms with Gasteiger partial charge in [-0.05, 0) is 32.3 Å². The first kappa shape index (κ1) is 16.4. The van der Waals surface area contributed by atoms with Crippen molar-refractivity contribution >= 4 is 5.97 Å². The minimum Gasteiger partial charge on any atom is -0.459 e. The monoisotopic (exact) mass is 321 g/mol. The number of halogens is 1. The van der Waals surface area contributed by atoms with Crippen LogP contribution in [0, 0.1) is 0 Å². The zero-order valence-electron chi connectivity index (χ0n) is 13.7. The van der Waals surface area contributed by atoms with E-state index in [1.807, 2.05) is 35.2 Å². The van der Waals surface area contributed by atoms with Crippen LogP contribution < -0.4 is 0 Å². The molecule has 126 valence electrons. The van der Waals surface area contributed by atoms with Crippen LogP contribution in [0.3, 0.4) is 0 Å². The number of alkyl halides is 1. The van der Waals surface area contributed by atoms with Gasteiger partial charge in [0.05, 0.1) is 5.60 Å². The summed E-state index contributed by atoms with van der Waals surface area (Å²) in [5, 5.41) is 10.3. The first-order chi connectivity index (χ1) is 10.8. The number of fused-ring (bicyclic) bond motifs is 1. The van der Waals surface area contributed by atoms with Gasteiger partial charge in [0.1, 0.15) is 18.3 Å². The molecular formula is C18H24FNO3. The summed E-state index contributed by atoms with van der Waals surface area (Å²) in [6.45, 7) is 3.82. The highest BCUT2D eigenvalue weighted by atomic mass is 19.1. The van der Waals surface area contributed by atoms with Crippen LogP contribution in [-0.4, -0.2) is 45.9 Å². The second kappa shape index (κ2) is 5.87. The summed E-state index contributed by atoms with van der Waals surface area (Å²) in [7, 11) is 0. The van der Waals surface area contributed by atoms with Crippen LogP contribution in [0.25, 0.3) is 0 Å². The van der Waals surface area contributed by atoms with Crippen LogP contribution in [-0.2, 0) is 16.1 Å². The van der Waals surface area contributed by atoms with Gasteiger partial charge in [-0.15, -0.1) is 0 Å². The maximum atomic E-state index is 14.0. The molecule has 2 saturated heterocycles. The van der Waals surface area contributed by atoms with Crippen LogP contribution in [0.15, 0.2) is 30.3 Å². The van der Waals surface area contributed by atoms with E-state index in [1.54, 1.807) is 13.8 Å². The quantitative estimate of drug-likeness (QED) is 0.866. The molecule has 0 spiro atoms. The molecule has 2 aliphatic heterocycles. The molecule has 0 saturated carbocycles. The van der Waals surface area contributed by atoms with E-state index in [-0.39, 0.29) is 31.6 Å². The summed E-state index contributed by atoms with van der Waals surface area (Å²) in [5.41, 5.74) is -0.972. The number of carbonyl (C=O) groups is 1. The fraction of sp³-hybridized carbons (Fsp3) is 0.611. The Morgan fingerprint density at radius 1 is 1.43 bits per heavy atom. The lowest BCUT2D eigenvalue weighted by atomic mass is 9.92. The fourth-order valence-electron chi connectivity index (χ4n) is 4.03. The van der Waals surface area contributed by atoms with Crippen molar-refractivity contribution in [2.75, 3.05) is 6.54 Å². The summed E-state index contributed by atoms with van der Waals surface area (Å²) in [5.74, 6) is -0.367. The minimum atomic E-state index is -1.05. The molecule has 5 heteroatoms. The molecule has 3 rings (SSSR count). The second-order valence-corrected chi connectivity index (χ2v) is 7.26. The fourth-order valence-corrected chi connectivity index (χ4v) is 4.03. The number of nitrogens with zero attached hydrogens (tertiary/aromatic N) is 1. The Hall–Kier alpha value is -1.46. The van der Waals surface area contributed by atoms with Crippen molar-refractivity contribution in [3.05, 3.63) is 35.9 Å². The number of hydrogen-bond acceptors (Lipinski definition) is 4. The lowest BCUT2D eigenvalue weighted by Crippen LogP contribution is -2.54. The normalized spacial score (nSPS) is 31.1. The van der Waals surface area contributed by atoms with E-state index >= 15 is 0 Å². The van der Waals surface area contributed by atoms with Gasteiger partial charge in [-0.1, -0.05) is 30.3 Å². The van der Waals surface area contributed by atoms with Crippen molar-refractivity contribution in [1.82, 2.24) is 4.90 Å². The first-order valence-electron chi connectivity index (χ1n) is 8.17. The minimum absolute atomic E-state index is 0.160. The molecule has 1 aromatic carbocycles. The number of aliphatic hydroxyl groups is 1. The predicted molar refractivity (Wildman–Crippen MR) is 84.5 cm³/mol.